The first-order valence-electron chi connectivity index (χ1n) is 21.7. The minimum atomic E-state index is -0.431. The summed E-state index contributed by atoms with van der Waals surface area (Å²) in [5.74, 6) is 1.91. The highest BCUT2D eigenvalue weighted by Crippen LogP contribution is 2.64. The Labute approximate surface area is 370 Å². The second-order valence-electron chi connectivity index (χ2n) is 16.5. The van der Waals surface area contributed by atoms with E-state index in [0.29, 0.717) is 17.5 Å². The van der Waals surface area contributed by atoms with Crippen molar-refractivity contribution in [1.29, 1.82) is 0 Å². The van der Waals surface area contributed by atoms with Crippen LogP contribution in [0.25, 0.3) is 95.7 Å². The molecule has 11 aromatic rings. The van der Waals surface area contributed by atoms with E-state index in [-0.39, 0.29) is 0 Å². The predicted molar refractivity (Wildman–Crippen MR) is 257 cm³/mol. The van der Waals surface area contributed by atoms with Crippen LogP contribution in [0, 0.1) is 0 Å². The van der Waals surface area contributed by atoms with Gasteiger partial charge in [-0.15, -0.1) is 0 Å². The summed E-state index contributed by atoms with van der Waals surface area (Å²) in [6.07, 6.45) is 2.14. The summed E-state index contributed by atoms with van der Waals surface area (Å²) >= 11 is 0. The van der Waals surface area contributed by atoms with Crippen LogP contribution in [0.3, 0.4) is 0 Å². The van der Waals surface area contributed by atoms with Gasteiger partial charge in [0.05, 0.1) is 16.8 Å². The Morgan fingerprint density at radius 3 is 1.44 bits per heavy atom. The van der Waals surface area contributed by atoms with Crippen molar-refractivity contribution in [2.75, 3.05) is 0 Å². The molecule has 0 saturated heterocycles. The third-order valence-corrected chi connectivity index (χ3v) is 13.1. The molecule has 3 heterocycles. The summed E-state index contributed by atoms with van der Waals surface area (Å²) in [4.78, 5) is 20.3. The van der Waals surface area contributed by atoms with Gasteiger partial charge in [-0.2, -0.15) is 0 Å². The van der Waals surface area contributed by atoms with Gasteiger partial charge in [0, 0.05) is 34.0 Å². The van der Waals surface area contributed by atoms with Crippen molar-refractivity contribution in [3.05, 3.63) is 247 Å². The van der Waals surface area contributed by atoms with Crippen molar-refractivity contribution < 1.29 is 0 Å². The van der Waals surface area contributed by atoms with Crippen LogP contribution in [0.4, 0.5) is 0 Å². The molecule has 0 N–H and O–H groups in total. The first-order chi connectivity index (χ1) is 31.7. The van der Waals surface area contributed by atoms with Gasteiger partial charge in [0.15, 0.2) is 17.5 Å². The molecule has 0 bridgehead atoms. The molecule has 1 spiro atoms. The Hall–Kier alpha value is -8.54. The standard InChI is InChI=1S/C59H37N5/c1-3-17-40(18-4-1)56-61-57(41-19-5-2-6-20-41)63-58(62-56)43-22-15-21-42(37-43)38-32-34-39(35-33-38)54-55(64-36-14-13-31-52(64)60-54)47-26-16-30-51-53(47)46-25-9-12-29-50(46)59(51)48-27-10-7-23-44(48)45-24-8-11-28-49(45)59/h1-37H. The largest absolute Gasteiger partial charge is 0.299 e. The van der Waals surface area contributed by atoms with Crippen LogP contribution in [0.15, 0.2) is 225 Å². The summed E-state index contributed by atoms with van der Waals surface area (Å²) in [7, 11) is 0. The summed E-state index contributed by atoms with van der Waals surface area (Å²) in [5.41, 5.74) is 20.1. The number of imidazole rings is 1. The molecule has 0 fully saturated rings. The predicted octanol–water partition coefficient (Wildman–Crippen LogP) is 13.9. The smallest absolute Gasteiger partial charge is 0.164 e. The fourth-order valence-electron chi connectivity index (χ4n) is 10.4. The lowest BCUT2D eigenvalue weighted by molar-refractivity contribution is 0.794. The van der Waals surface area contributed by atoms with Gasteiger partial charge in [0.2, 0.25) is 0 Å². The molecule has 0 saturated carbocycles. The zero-order valence-corrected chi connectivity index (χ0v) is 34.6. The number of aromatic nitrogens is 5. The van der Waals surface area contributed by atoms with Gasteiger partial charge in [-0.3, -0.25) is 4.40 Å². The van der Waals surface area contributed by atoms with Gasteiger partial charge in [-0.05, 0) is 73.8 Å². The van der Waals surface area contributed by atoms with Crippen LogP contribution in [-0.4, -0.2) is 24.3 Å². The summed E-state index contributed by atoms with van der Waals surface area (Å²) in [5, 5.41) is 0. The highest BCUT2D eigenvalue weighted by molar-refractivity contribution is 6.01. The molecule has 8 aromatic carbocycles. The monoisotopic (exact) mass is 815 g/mol. The molecule has 3 aromatic heterocycles. The second kappa shape index (κ2) is 14.3. The Morgan fingerprint density at radius 2 is 0.781 bits per heavy atom. The normalized spacial score (nSPS) is 12.8. The number of pyridine rings is 1. The third-order valence-electron chi connectivity index (χ3n) is 13.1. The van der Waals surface area contributed by atoms with Crippen molar-refractivity contribution in [1.82, 2.24) is 24.3 Å². The van der Waals surface area contributed by atoms with Crippen LogP contribution in [0.5, 0.6) is 0 Å². The van der Waals surface area contributed by atoms with E-state index in [2.05, 4.69) is 168 Å². The number of hydrogen-bond donors (Lipinski definition) is 0. The topological polar surface area (TPSA) is 56.0 Å². The highest BCUT2D eigenvalue weighted by atomic mass is 15.0. The zero-order chi connectivity index (χ0) is 42.2. The molecular formula is C59H37N5. The second-order valence-corrected chi connectivity index (χ2v) is 16.5. The van der Waals surface area contributed by atoms with Crippen molar-refractivity contribution in [3.8, 4) is 90.1 Å². The van der Waals surface area contributed by atoms with Gasteiger partial charge < -0.3 is 0 Å². The third kappa shape index (κ3) is 5.37. The molecule has 13 rings (SSSR count). The van der Waals surface area contributed by atoms with Crippen LogP contribution in [0.2, 0.25) is 0 Å². The van der Waals surface area contributed by atoms with Gasteiger partial charge in [0.25, 0.3) is 0 Å². The number of benzene rings is 8. The lowest BCUT2D eigenvalue weighted by Gasteiger charge is -2.30. The molecule has 0 amide bonds. The number of rotatable bonds is 6. The molecule has 0 radical (unpaired) electrons. The molecule has 298 valence electrons. The van der Waals surface area contributed by atoms with Crippen LogP contribution >= 0.6 is 0 Å². The minimum absolute atomic E-state index is 0.431. The fourth-order valence-corrected chi connectivity index (χ4v) is 10.4. The van der Waals surface area contributed by atoms with Crippen LogP contribution in [-0.2, 0) is 5.41 Å². The van der Waals surface area contributed by atoms with E-state index in [0.717, 1.165) is 56.0 Å². The van der Waals surface area contributed by atoms with E-state index in [9.17, 15) is 0 Å². The molecular weight excluding hydrogens is 779 g/mol. The van der Waals surface area contributed by atoms with Gasteiger partial charge >= 0.3 is 0 Å². The maximum Gasteiger partial charge on any atom is 0.164 e. The Kier molecular flexibility index (Phi) is 8.06. The fraction of sp³-hybridized carbons (Fsp3) is 0.0169. The van der Waals surface area contributed by atoms with Crippen LogP contribution < -0.4 is 0 Å². The van der Waals surface area contributed by atoms with Gasteiger partial charge in [0.1, 0.15) is 5.65 Å². The first-order valence-corrected chi connectivity index (χ1v) is 21.7. The Bertz CT molecular complexity index is 3510. The Balaban J connectivity index is 0.936. The van der Waals surface area contributed by atoms with Crippen molar-refractivity contribution in [3.63, 3.8) is 0 Å². The number of fused-ring (bicyclic) bond motifs is 11. The van der Waals surface area contributed by atoms with E-state index >= 15 is 0 Å². The van der Waals surface area contributed by atoms with E-state index < -0.39 is 5.41 Å². The summed E-state index contributed by atoms with van der Waals surface area (Å²) in [6.45, 7) is 0. The first kappa shape index (κ1) is 36.1. The van der Waals surface area contributed by atoms with Crippen molar-refractivity contribution in [2.24, 2.45) is 0 Å². The molecule has 0 aliphatic heterocycles. The summed E-state index contributed by atoms with van der Waals surface area (Å²) in [6, 6.07) is 77.6. The molecule has 0 atom stereocenters. The Morgan fingerprint density at radius 1 is 0.312 bits per heavy atom. The van der Waals surface area contributed by atoms with Crippen LogP contribution in [0.1, 0.15) is 22.3 Å². The number of nitrogens with zero attached hydrogens (tertiary/aromatic N) is 5. The molecule has 0 unspecified atom stereocenters. The average molecular weight is 816 g/mol. The van der Waals surface area contributed by atoms with Crippen molar-refractivity contribution in [2.45, 2.75) is 5.41 Å². The average Bonchev–Trinajstić information content (AvgIpc) is 4.02. The molecule has 5 heteroatoms. The maximum absolute atomic E-state index is 5.36. The van der Waals surface area contributed by atoms with Crippen molar-refractivity contribution >= 4 is 5.65 Å². The lowest BCUT2D eigenvalue weighted by atomic mass is 9.70. The van der Waals surface area contributed by atoms with E-state index in [1.165, 1.54) is 44.5 Å². The zero-order valence-electron chi connectivity index (χ0n) is 34.6. The molecule has 2 aliphatic rings. The summed E-state index contributed by atoms with van der Waals surface area (Å²) < 4.78 is 2.26. The van der Waals surface area contributed by atoms with E-state index in [1.54, 1.807) is 0 Å². The molecule has 2 aliphatic carbocycles. The van der Waals surface area contributed by atoms with E-state index in [4.69, 9.17) is 19.9 Å². The maximum atomic E-state index is 5.36. The quantitative estimate of drug-likeness (QED) is 0.168. The minimum Gasteiger partial charge on any atom is -0.299 e. The lowest BCUT2D eigenvalue weighted by Crippen LogP contribution is -2.25. The molecule has 64 heavy (non-hydrogen) atoms. The van der Waals surface area contributed by atoms with E-state index in [1.807, 2.05) is 60.7 Å². The SMILES string of the molecule is c1ccc(-c2nc(-c3ccccc3)nc(-c3cccc(-c4ccc(-c5nc6ccccn6c5-c5cccc6c5-c5ccccc5C65c6ccccc6-c6ccccc65)cc4)c3)n2)cc1. The molecule has 5 nitrogen and oxygen atoms in total. The highest BCUT2D eigenvalue weighted by Gasteiger charge is 2.52. The van der Waals surface area contributed by atoms with Gasteiger partial charge in [-0.1, -0.05) is 200 Å². The number of hydrogen-bond acceptors (Lipinski definition) is 4. The van der Waals surface area contributed by atoms with Gasteiger partial charge in [-0.25, -0.2) is 19.9 Å².